The van der Waals surface area contributed by atoms with Crippen molar-refractivity contribution >= 4 is 5.69 Å². The van der Waals surface area contributed by atoms with Crippen molar-refractivity contribution in [3.8, 4) is 6.07 Å². The maximum Gasteiger partial charge on any atom is 0.0994 e. The first-order valence-electron chi connectivity index (χ1n) is 5.56. The van der Waals surface area contributed by atoms with Crippen LogP contribution in [0.2, 0.25) is 0 Å². The van der Waals surface area contributed by atoms with Crippen LogP contribution in [-0.2, 0) is 0 Å². The van der Waals surface area contributed by atoms with Gasteiger partial charge in [-0.3, -0.25) is 0 Å². The van der Waals surface area contributed by atoms with E-state index in [4.69, 9.17) is 10.4 Å². The first-order chi connectivity index (χ1) is 7.63. The van der Waals surface area contributed by atoms with E-state index >= 15 is 0 Å². The van der Waals surface area contributed by atoms with Crippen LogP contribution in [0.4, 0.5) is 5.69 Å². The van der Waals surface area contributed by atoms with Crippen LogP contribution in [0.5, 0.6) is 0 Å². The number of nitriles is 1. The number of hydrogen-bond donors (Lipinski definition) is 2. The van der Waals surface area contributed by atoms with Crippen molar-refractivity contribution < 1.29 is 5.11 Å². The fraction of sp³-hybridized carbons (Fsp3) is 0.462. The maximum absolute atomic E-state index is 9.10. The Morgan fingerprint density at radius 1 is 1.50 bits per heavy atom. The van der Waals surface area contributed by atoms with Gasteiger partial charge in [0.15, 0.2) is 0 Å². The Kier molecular flexibility index (Phi) is 4.81. The lowest BCUT2D eigenvalue weighted by Crippen LogP contribution is -2.06. The summed E-state index contributed by atoms with van der Waals surface area (Å²) in [5.41, 5.74) is 2.74. The monoisotopic (exact) mass is 218 g/mol. The molecule has 1 aromatic rings. The van der Waals surface area contributed by atoms with Gasteiger partial charge in [-0.25, -0.2) is 0 Å². The van der Waals surface area contributed by atoms with Gasteiger partial charge >= 0.3 is 0 Å². The van der Waals surface area contributed by atoms with E-state index in [2.05, 4.69) is 11.4 Å². The van der Waals surface area contributed by atoms with Gasteiger partial charge in [-0.15, -0.1) is 0 Å². The van der Waals surface area contributed by atoms with Gasteiger partial charge in [0.1, 0.15) is 0 Å². The molecule has 0 amide bonds. The highest BCUT2D eigenvalue weighted by Gasteiger charge is 1.99. The lowest BCUT2D eigenvalue weighted by atomic mass is 10.1. The highest BCUT2D eigenvalue weighted by molar-refractivity contribution is 5.51. The van der Waals surface area contributed by atoms with E-state index in [1.807, 2.05) is 25.1 Å². The Bertz CT molecular complexity index is 380. The van der Waals surface area contributed by atoms with Crippen molar-refractivity contribution in [3.05, 3.63) is 29.3 Å². The Hall–Kier alpha value is -1.53. The first-order valence-corrected chi connectivity index (χ1v) is 5.56. The Morgan fingerprint density at radius 3 is 2.81 bits per heavy atom. The van der Waals surface area contributed by atoms with Crippen molar-refractivity contribution in [2.24, 2.45) is 0 Å². The fourth-order valence-electron chi connectivity index (χ4n) is 1.53. The largest absolute Gasteiger partial charge is 0.393 e. The molecular formula is C13H18N2O. The van der Waals surface area contributed by atoms with E-state index in [0.717, 1.165) is 36.2 Å². The third kappa shape index (κ3) is 3.92. The summed E-state index contributed by atoms with van der Waals surface area (Å²) in [6.07, 6.45) is 1.52. The molecule has 0 heterocycles. The van der Waals surface area contributed by atoms with E-state index < -0.39 is 0 Å². The van der Waals surface area contributed by atoms with Crippen LogP contribution in [0.15, 0.2) is 18.2 Å². The summed E-state index contributed by atoms with van der Waals surface area (Å²) >= 11 is 0. The molecule has 0 aliphatic heterocycles. The fourth-order valence-corrected chi connectivity index (χ4v) is 1.53. The van der Waals surface area contributed by atoms with Crippen LogP contribution in [0.3, 0.4) is 0 Å². The molecule has 16 heavy (non-hydrogen) atoms. The standard InChI is InChI=1S/C13H18N2O/c1-10-8-13(6-5-12(10)9-14)15-7-3-4-11(2)16/h5-6,8,11,15-16H,3-4,7H2,1-2H3. The number of nitrogens with zero attached hydrogens (tertiary/aromatic N) is 1. The van der Waals surface area contributed by atoms with Crippen LogP contribution >= 0.6 is 0 Å². The molecule has 0 aliphatic carbocycles. The molecule has 2 N–H and O–H groups in total. The van der Waals surface area contributed by atoms with E-state index in [1.54, 1.807) is 6.92 Å². The number of aliphatic hydroxyl groups excluding tert-OH is 1. The van der Waals surface area contributed by atoms with Gasteiger partial charge in [0.25, 0.3) is 0 Å². The lowest BCUT2D eigenvalue weighted by molar-refractivity contribution is 0.183. The van der Waals surface area contributed by atoms with Gasteiger partial charge in [0.05, 0.1) is 17.7 Å². The minimum absolute atomic E-state index is 0.232. The van der Waals surface area contributed by atoms with Gasteiger partial charge in [-0.05, 0) is 50.5 Å². The quantitative estimate of drug-likeness (QED) is 0.746. The molecule has 0 fully saturated rings. The van der Waals surface area contributed by atoms with E-state index in [-0.39, 0.29) is 6.10 Å². The highest BCUT2D eigenvalue weighted by Crippen LogP contribution is 2.14. The zero-order valence-corrected chi connectivity index (χ0v) is 9.83. The Labute approximate surface area is 96.7 Å². The molecule has 3 nitrogen and oxygen atoms in total. The number of hydrogen-bond acceptors (Lipinski definition) is 3. The SMILES string of the molecule is Cc1cc(NCCCC(C)O)ccc1C#N. The predicted molar refractivity (Wildman–Crippen MR) is 65.3 cm³/mol. The second-order valence-electron chi connectivity index (χ2n) is 4.06. The summed E-state index contributed by atoms with van der Waals surface area (Å²) in [6.45, 7) is 4.57. The van der Waals surface area contributed by atoms with E-state index in [0.29, 0.717) is 0 Å². The van der Waals surface area contributed by atoms with E-state index in [9.17, 15) is 0 Å². The highest BCUT2D eigenvalue weighted by atomic mass is 16.3. The van der Waals surface area contributed by atoms with Gasteiger partial charge < -0.3 is 10.4 Å². The molecule has 0 radical (unpaired) electrons. The van der Waals surface area contributed by atoms with Gasteiger partial charge in [-0.2, -0.15) is 5.26 Å². The molecule has 1 unspecified atom stereocenters. The summed E-state index contributed by atoms with van der Waals surface area (Å²) in [4.78, 5) is 0. The third-order valence-electron chi connectivity index (χ3n) is 2.47. The molecular weight excluding hydrogens is 200 g/mol. The Balaban J connectivity index is 2.44. The number of rotatable bonds is 5. The molecule has 86 valence electrons. The molecule has 0 aliphatic rings. The van der Waals surface area contributed by atoms with Crippen LogP contribution < -0.4 is 5.32 Å². The third-order valence-corrected chi connectivity index (χ3v) is 2.47. The number of nitrogens with one attached hydrogen (secondary N) is 1. The minimum atomic E-state index is -0.232. The molecule has 1 rings (SSSR count). The van der Waals surface area contributed by atoms with Crippen LogP contribution in [0.25, 0.3) is 0 Å². The zero-order chi connectivity index (χ0) is 12.0. The summed E-state index contributed by atoms with van der Waals surface area (Å²) in [5, 5.41) is 21.2. The zero-order valence-electron chi connectivity index (χ0n) is 9.83. The molecule has 1 aromatic carbocycles. The van der Waals surface area contributed by atoms with Crippen molar-refractivity contribution in [1.29, 1.82) is 5.26 Å². The van der Waals surface area contributed by atoms with Crippen LogP contribution in [0.1, 0.15) is 30.9 Å². The minimum Gasteiger partial charge on any atom is -0.393 e. The molecule has 0 saturated heterocycles. The number of aliphatic hydroxyl groups is 1. The van der Waals surface area contributed by atoms with Gasteiger partial charge in [-0.1, -0.05) is 0 Å². The molecule has 0 saturated carbocycles. The average Bonchev–Trinajstić information content (AvgIpc) is 2.24. The topological polar surface area (TPSA) is 56.0 Å². The second-order valence-corrected chi connectivity index (χ2v) is 4.06. The average molecular weight is 218 g/mol. The smallest absolute Gasteiger partial charge is 0.0994 e. The normalized spacial score (nSPS) is 11.9. The van der Waals surface area contributed by atoms with Gasteiger partial charge in [0.2, 0.25) is 0 Å². The number of anilines is 1. The van der Waals surface area contributed by atoms with Crippen molar-refractivity contribution in [2.45, 2.75) is 32.8 Å². The summed E-state index contributed by atoms with van der Waals surface area (Å²) in [5.74, 6) is 0. The van der Waals surface area contributed by atoms with Gasteiger partial charge in [0, 0.05) is 12.2 Å². The first kappa shape index (κ1) is 12.5. The molecule has 0 aromatic heterocycles. The van der Waals surface area contributed by atoms with Crippen molar-refractivity contribution in [1.82, 2.24) is 0 Å². The predicted octanol–water partition coefficient (Wildman–Crippen LogP) is 2.44. The molecule has 1 atom stereocenters. The summed E-state index contributed by atoms with van der Waals surface area (Å²) < 4.78 is 0. The van der Waals surface area contributed by atoms with E-state index in [1.165, 1.54) is 0 Å². The summed E-state index contributed by atoms with van der Waals surface area (Å²) in [6, 6.07) is 7.85. The Morgan fingerprint density at radius 2 is 2.25 bits per heavy atom. The molecule has 3 heteroatoms. The molecule has 0 spiro atoms. The second kappa shape index (κ2) is 6.14. The number of aryl methyl sites for hydroxylation is 1. The summed E-state index contributed by atoms with van der Waals surface area (Å²) in [7, 11) is 0. The van der Waals surface area contributed by atoms with Crippen molar-refractivity contribution in [3.63, 3.8) is 0 Å². The van der Waals surface area contributed by atoms with Crippen LogP contribution in [-0.4, -0.2) is 17.8 Å². The van der Waals surface area contributed by atoms with Crippen molar-refractivity contribution in [2.75, 3.05) is 11.9 Å². The lowest BCUT2D eigenvalue weighted by Gasteiger charge is -2.08. The molecule has 0 bridgehead atoms. The van der Waals surface area contributed by atoms with Crippen LogP contribution in [0, 0.1) is 18.3 Å². The number of benzene rings is 1. The maximum atomic E-state index is 9.10.